The van der Waals surface area contributed by atoms with Crippen molar-refractivity contribution >= 4 is 29.9 Å². The summed E-state index contributed by atoms with van der Waals surface area (Å²) >= 11 is 0. The zero-order valence-corrected chi connectivity index (χ0v) is 18.8. The number of aliphatic imine (C=N–C) groups is 1. The monoisotopic (exact) mass is 474 g/mol. The minimum absolute atomic E-state index is 0. The molecule has 0 bridgehead atoms. The summed E-state index contributed by atoms with van der Waals surface area (Å²) < 4.78 is 5.20. The molecule has 2 rings (SSSR count). The molecule has 1 heterocycles. The summed E-state index contributed by atoms with van der Waals surface area (Å²) in [5.41, 5.74) is 2.71. The molecule has 1 unspecified atom stereocenters. The van der Waals surface area contributed by atoms with Crippen LogP contribution in [0.4, 0.5) is 0 Å². The molecule has 148 valence electrons. The summed E-state index contributed by atoms with van der Waals surface area (Å²) in [6, 6.07) is 8.92. The Morgan fingerprint density at radius 1 is 1.19 bits per heavy atom. The van der Waals surface area contributed by atoms with Gasteiger partial charge in [0.25, 0.3) is 0 Å². The number of likely N-dealkylation sites (tertiary alicyclic amines) is 1. The first-order valence-corrected chi connectivity index (χ1v) is 9.55. The van der Waals surface area contributed by atoms with E-state index < -0.39 is 0 Å². The molecule has 1 aliphatic rings. The van der Waals surface area contributed by atoms with Crippen molar-refractivity contribution in [3.05, 3.63) is 35.4 Å². The number of piperidine rings is 1. The van der Waals surface area contributed by atoms with Crippen LogP contribution in [0.15, 0.2) is 29.3 Å². The molecule has 0 aromatic heterocycles. The fourth-order valence-electron chi connectivity index (χ4n) is 3.23. The van der Waals surface area contributed by atoms with E-state index in [1.54, 1.807) is 7.11 Å². The Kier molecular flexibility index (Phi) is 11.9. The Bertz CT molecular complexity index is 532. The summed E-state index contributed by atoms with van der Waals surface area (Å²) in [5, 5.41) is 6.71. The van der Waals surface area contributed by atoms with E-state index in [2.05, 4.69) is 53.6 Å². The molecule has 1 aliphatic heterocycles. The largest absolute Gasteiger partial charge is 0.383 e. The molecule has 1 atom stereocenters. The van der Waals surface area contributed by atoms with Gasteiger partial charge in [-0.1, -0.05) is 30.7 Å². The maximum Gasteiger partial charge on any atom is 0.191 e. The third-order valence-corrected chi connectivity index (χ3v) is 4.51. The molecular formula is C20H35IN4O. The van der Waals surface area contributed by atoms with Crippen molar-refractivity contribution in [1.82, 2.24) is 15.5 Å². The summed E-state index contributed by atoms with van der Waals surface area (Å²) in [5.74, 6) is 0.847. The van der Waals surface area contributed by atoms with Gasteiger partial charge >= 0.3 is 0 Å². The second-order valence-electron chi connectivity index (χ2n) is 6.80. The number of ether oxygens (including phenoxy) is 1. The van der Waals surface area contributed by atoms with Gasteiger partial charge in [-0.25, -0.2) is 4.99 Å². The van der Waals surface area contributed by atoms with Gasteiger partial charge in [-0.3, -0.25) is 4.90 Å². The smallest absolute Gasteiger partial charge is 0.191 e. The van der Waals surface area contributed by atoms with Crippen LogP contribution in [-0.4, -0.2) is 50.3 Å². The van der Waals surface area contributed by atoms with Crippen molar-refractivity contribution < 1.29 is 4.74 Å². The van der Waals surface area contributed by atoms with Gasteiger partial charge in [0, 0.05) is 26.2 Å². The molecule has 0 radical (unpaired) electrons. The van der Waals surface area contributed by atoms with Gasteiger partial charge < -0.3 is 15.4 Å². The highest BCUT2D eigenvalue weighted by Crippen LogP contribution is 2.16. The molecule has 5 nitrogen and oxygen atoms in total. The molecule has 1 aromatic rings. The van der Waals surface area contributed by atoms with Crippen molar-refractivity contribution in [2.24, 2.45) is 4.99 Å². The van der Waals surface area contributed by atoms with E-state index in [4.69, 9.17) is 9.73 Å². The number of nitrogens with one attached hydrogen (secondary N) is 2. The van der Waals surface area contributed by atoms with Gasteiger partial charge in [-0.05, 0) is 50.9 Å². The fraction of sp³-hybridized carbons (Fsp3) is 0.650. The van der Waals surface area contributed by atoms with Crippen molar-refractivity contribution in [2.75, 3.05) is 33.4 Å². The molecular weight excluding hydrogens is 439 g/mol. The minimum atomic E-state index is 0. The van der Waals surface area contributed by atoms with Crippen LogP contribution in [0, 0.1) is 0 Å². The van der Waals surface area contributed by atoms with Crippen LogP contribution in [0.1, 0.15) is 44.2 Å². The average Bonchev–Trinajstić information content (AvgIpc) is 2.62. The number of benzene rings is 1. The van der Waals surface area contributed by atoms with Crippen LogP contribution in [0.2, 0.25) is 0 Å². The molecule has 1 aromatic carbocycles. The Morgan fingerprint density at radius 2 is 1.88 bits per heavy atom. The van der Waals surface area contributed by atoms with Gasteiger partial charge in [-0.15, -0.1) is 24.0 Å². The predicted octanol–water partition coefficient (Wildman–Crippen LogP) is 3.38. The van der Waals surface area contributed by atoms with Crippen molar-refractivity contribution in [3.63, 3.8) is 0 Å². The van der Waals surface area contributed by atoms with Gasteiger partial charge in [-0.2, -0.15) is 0 Å². The maximum absolute atomic E-state index is 5.20. The van der Waals surface area contributed by atoms with E-state index in [9.17, 15) is 0 Å². The lowest BCUT2D eigenvalue weighted by Gasteiger charge is -2.27. The molecule has 1 fully saturated rings. The first-order chi connectivity index (χ1) is 12.2. The lowest BCUT2D eigenvalue weighted by atomic mass is 10.1. The molecule has 0 spiro atoms. The van der Waals surface area contributed by atoms with E-state index >= 15 is 0 Å². The summed E-state index contributed by atoms with van der Waals surface area (Å²) in [4.78, 5) is 7.35. The molecule has 0 saturated carbocycles. The van der Waals surface area contributed by atoms with Crippen LogP contribution in [0.25, 0.3) is 0 Å². The quantitative estimate of drug-likeness (QED) is 0.345. The lowest BCUT2D eigenvalue weighted by molar-refractivity contribution is 0.179. The molecule has 2 N–H and O–H groups in total. The number of hydrogen-bond acceptors (Lipinski definition) is 3. The number of guanidine groups is 1. The van der Waals surface area contributed by atoms with Crippen LogP contribution in [0.3, 0.4) is 0 Å². The highest BCUT2D eigenvalue weighted by atomic mass is 127. The standard InChI is InChI=1S/C20H34N4O.HI/c1-4-21-20(23-17(2)16-25-3)22-14-18-10-6-7-11-19(18)15-24-12-8-5-9-13-24;/h6-7,10-11,17H,4-5,8-9,12-16H2,1-3H3,(H2,21,22,23);1H. The zero-order chi connectivity index (χ0) is 17.9. The Labute approximate surface area is 176 Å². The minimum Gasteiger partial charge on any atom is -0.383 e. The summed E-state index contributed by atoms with van der Waals surface area (Å²) in [6.45, 7) is 9.86. The van der Waals surface area contributed by atoms with Gasteiger partial charge in [0.05, 0.1) is 13.2 Å². The third kappa shape index (κ3) is 8.22. The van der Waals surface area contributed by atoms with E-state index in [-0.39, 0.29) is 30.0 Å². The average molecular weight is 474 g/mol. The molecule has 1 saturated heterocycles. The number of hydrogen-bond donors (Lipinski definition) is 2. The molecule has 0 aliphatic carbocycles. The van der Waals surface area contributed by atoms with Crippen LogP contribution in [0.5, 0.6) is 0 Å². The predicted molar refractivity (Wildman–Crippen MR) is 120 cm³/mol. The number of methoxy groups -OCH3 is 1. The lowest BCUT2D eigenvalue weighted by Crippen LogP contribution is -2.43. The van der Waals surface area contributed by atoms with E-state index in [0.717, 1.165) is 19.0 Å². The Morgan fingerprint density at radius 3 is 2.54 bits per heavy atom. The topological polar surface area (TPSA) is 48.9 Å². The van der Waals surface area contributed by atoms with E-state index in [1.165, 1.54) is 43.5 Å². The van der Waals surface area contributed by atoms with E-state index in [0.29, 0.717) is 13.2 Å². The normalized spacial score (nSPS) is 16.7. The zero-order valence-electron chi connectivity index (χ0n) is 16.5. The first kappa shape index (κ1) is 23.2. The van der Waals surface area contributed by atoms with Crippen molar-refractivity contribution in [3.8, 4) is 0 Å². The van der Waals surface area contributed by atoms with Crippen LogP contribution < -0.4 is 10.6 Å². The highest BCUT2D eigenvalue weighted by molar-refractivity contribution is 14.0. The fourth-order valence-corrected chi connectivity index (χ4v) is 3.23. The second-order valence-corrected chi connectivity index (χ2v) is 6.80. The van der Waals surface area contributed by atoms with E-state index in [1.807, 2.05) is 0 Å². The van der Waals surface area contributed by atoms with Crippen molar-refractivity contribution in [2.45, 2.75) is 52.2 Å². The summed E-state index contributed by atoms with van der Waals surface area (Å²) in [6.07, 6.45) is 4.03. The maximum atomic E-state index is 5.20. The van der Waals surface area contributed by atoms with Gasteiger partial charge in [0.1, 0.15) is 0 Å². The molecule has 6 heteroatoms. The van der Waals surface area contributed by atoms with Gasteiger partial charge in [0.15, 0.2) is 5.96 Å². The van der Waals surface area contributed by atoms with Crippen LogP contribution in [-0.2, 0) is 17.8 Å². The SMILES string of the molecule is CCNC(=NCc1ccccc1CN1CCCCC1)NC(C)COC.I. The number of nitrogens with zero attached hydrogens (tertiary/aromatic N) is 2. The number of halogens is 1. The molecule has 0 amide bonds. The Balaban J connectivity index is 0.00000338. The van der Waals surface area contributed by atoms with Crippen LogP contribution >= 0.6 is 24.0 Å². The summed E-state index contributed by atoms with van der Waals surface area (Å²) in [7, 11) is 1.72. The Hall–Kier alpha value is -0.860. The third-order valence-electron chi connectivity index (χ3n) is 4.51. The van der Waals surface area contributed by atoms with Crippen molar-refractivity contribution in [1.29, 1.82) is 0 Å². The van der Waals surface area contributed by atoms with Gasteiger partial charge in [0.2, 0.25) is 0 Å². The first-order valence-electron chi connectivity index (χ1n) is 9.55. The highest BCUT2D eigenvalue weighted by Gasteiger charge is 2.12. The number of rotatable bonds is 8. The second kappa shape index (κ2) is 13.3. The molecule has 26 heavy (non-hydrogen) atoms.